The van der Waals surface area contributed by atoms with Crippen LogP contribution >= 0.6 is 11.5 Å². The van der Waals surface area contributed by atoms with Crippen molar-refractivity contribution >= 4 is 17.3 Å². The minimum absolute atomic E-state index is 0.0355. The lowest BCUT2D eigenvalue weighted by Gasteiger charge is -2.01. The van der Waals surface area contributed by atoms with E-state index in [0.717, 1.165) is 5.69 Å². The van der Waals surface area contributed by atoms with Gasteiger partial charge in [-0.15, -0.1) is 5.10 Å². The molecule has 0 N–H and O–H groups in total. The van der Waals surface area contributed by atoms with E-state index in [1.54, 1.807) is 23.7 Å². The lowest BCUT2D eigenvalue weighted by molar-refractivity contribution is 0.0991. The smallest absolute Gasteiger partial charge is 0.170 e. The molecule has 0 unspecified atom stereocenters. The molecular formula is C10H9N3OS. The van der Waals surface area contributed by atoms with Crippen LogP contribution in [0.1, 0.15) is 21.7 Å². The SMILES string of the molecule is Cc1ncccc1C(=O)Cc1csnn1. The Kier molecular flexibility index (Phi) is 2.82. The molecule has 2 heterocycles. The molecular weight excluding hydrogens is 210 g/mol. The molecule has 0 saturated carbocycles. The summed E-state index contributed by atoms with van der Waals surface area (Å²) in [6.07, 6.45) is 1.97. The standard InChI is InChI=1S/C10H9N3OS/c1-7-9(3-2-4-11-7)10(14)5-8-6-15-13-12-8/h2-4,6H,5H2,1H3. The average Bonchev–Trinajstić information content (AvgIpc) is 2.71. The Morgan fingerprint density at radius 1 is 1.53 bits per heavy atom. The molecule has 5 heteroatoms. The second-order valence-electron chi connectivity index (χ2n) is 3.13. The van der Waals surface area contributed by atoms with Crippen molar-refractivity contribution in [2.75, 3.05) is 0 Å². The molecule has 0 aromatic carbocycles. The van der Waals surface area contributed by atoms with Gasteiger partial charge < -0.3 is 0 Å². The predicted octanol–water partition coefficient (Wildman–Crippen LogP) is 1.67. The third-order valence-corrected chi connectivity index (χ3v) is 2.61. The molecule has 0 amide bonds. The van der Waals surface area contributed by atoms with Crippen LogP contribution in [0.25, 0.3) is 0 Å². The van der Waals surface area contributed by atoms with E-state index in [9.17, 15) is 4.79 Å². The van der Waals surface area contributed by atoms with Crippen LogP contribution in [0.3, 0.4) is 0 Å². The summed E-state index contributed by atoms with van der Waals surface area (Å²) in [6.45, 7) is 1.83. The Balaban J connectivity index is 2.19. The maximum absolute atomic E-state index is 11.8. The highest BCUT2D eigenvalue weighted by atomic mass is 32.1. The number of carbonyl (C=O) groups excluding carboxylic acids is 1. The van der Waals surface area contributed by atoms with Crippen LogP contribution in [0.4, 0.5) is 0 Å². The molecule has 2 aromatic rings. The maximum atomic E-state index is 11.8. The number of pyridine rings is 1. The first kappa shape index (κ1) is 9.92. The van der Waals surface area contributed by atoms with Gasteiger partial charge in [0.25, 0.3) is 0 Å². The fourth-order valence-corrected chi connectivity index (χ4v) is 1.75. The van der Waals surface area contributed by atoms with Crippen molar-refractivity contribution in [2.45, 2.75) is 13.3 Å². The average molecular weight is 219 g/mol. The van der Waals surface area contributed by atoms with Gasteiger partial charge in [-0.2, -0.15) is 0 Å². The van der Waals surface area contributed by atoms with Gasteiger partial charge in [0.05, 0.1) is 12.1 Å². The Morgan fingerprint density at radius 3 is 3.07 bits per heavy atom. The van der Waals surface area contributed by atoms with Crippen LogP contribution in [0.5, 0.6) is 0 Å². The molecule has 4 nitrogen and oxygen atoms in total. The Bertz CT molecular complexity index is 467. The van der Waals surface area contributed by atoms with E-state index in [4.69, 9.17) is 0 Å². The molecule has 2 aromatic heterocycles. The number of aromatic nitrogens is 3. The number of ketones is 1. The second kappa shape index (κ2) is 4.27. The van der Waals surface area contributed by atoms with E-state index < -0.39 is 0 Å². The normalized spacial score (nSPS) is 10.2. The first-order valence-corrected chi connectivity index (χ1v) is 5.32. The van der Waals surface area contributed by atoms with Gasteiger partial charge in [-0.25, -0.2) is 0 Å². The third-order valence-electron chi connectivity index (χ3n) is 2.05. The number of aryl methyl sites for hydroxylation is 1. The molecule has 0 spiro atoms. The van der Waals surface area contributed by atoms with Gasteiger partial charge in [-0.1, -0.05) is 4.49 Å². The van der Waals surface area contributed by atoms with Gasteiger partial charge in [-0.05, 0) is 30.6 Å². The van der Waals surface area contributed by atoms with E-state index in [1.807, 2.05) is 6.92 Å². The summed E-state index contributed by atoms with van der Waals surface area (Å²) >= 11 is 1.25. The quantitative estimate of drug-likeness (QED) is 0.737. The molecule has 0 bridgehead atoms. The van der Waals surface area contributed by atoms with Crippen molar-refractivity contribution in [2.24, 2.45) is 0 Å². The molecule has 0 radical (unpaired) electrons. The Hall–Kier alpha value is -1.62. The minimum Gasteiger partial charge on any atom is -0.294 e. The van der Waals surface area contributed by atoms with Gasteiger partial charge in [0.1, 0.15) is 0 Å². The fourth-order valence-electron chi connectivity index (χ4n) is 1.30. The summed E-state index contributed by atoms with van der Waals surface area (Å²) in [5.41, 5.74) is 2.13. The predicted molar refractivity (Wildman–Crippen MR) is 56.9 cm³/mol. The zero-order valence-corrected chi connectivity index (χ0v) is 8.99. The highest BCUT2D eigenvalue weighted by Gasteiger charge is 2.11. The number of hydrogen-bond donors (Lipinski definition) is 0. The molecule has 0 aliphatic heterocycles. The van der Waals surface area contributed by atoms with Gasteiger partial charge in [0.15, 0.2) is 5.78 Å². The highest BCUT2D eigenvalue weighted by Crippen LogP contribution is 2.09. The lowest BCUT2D eigenvalue weighted by atomic mass is 10.1. The first-order chi connectivity index (χ1) is 7.27. The largest absolute Gasteiger partial charge is 0.294 e. The molecule has 76 valence electrons. The van der Waals surface area contributed by atoms with Crippen LogP contribution in [0.15, 0.2) is 23.7 Å². The van der Waals surface area contributed by atoms with Crippen LogP contribution in [-0.4, -0.2) is 20.4 Å². The van der Waals surface area contributed by atoms with Crippen LogP contribution in [0.2, 0.25) is 0 Å². The second-order valence-corrected chi connectivity index (χ2v) is 3.74. The summed E-state index contributed by atoms with van der Waals surface area (Å²) in [6, 6.07) is 3.55. The summed E-state index contributed by atoms with van der Waals surface area (Å²) in [4.78, 5) is 15.9. The number of Topliss-reactive ketones (excluding diaryl/α,β-unsaturated/α-hetero) is 1. The molecule has 0 aliphatic carbocycles. The van der Waals surface area contributed by atoms with Crippen LogP contribution in [0, 0.1) is 6.92 Å². The lowest BCUT2D eigenvalue weighted by Crippen LogP contribution is -2.06. The summed E-state index contributed by atoms with van der Waals surface area (Å²) in [5, 5.41) is 5.62. The third kappa shape index (κ3) is 2.24. The Labute approximate surface area is 91.2 Å². The van der Waals surface area contributed by atoms with Crippen molar-refractivity contribution in [1.82, 2.24) is 14.6 Å². The molecule has 2 rings (SSSR count). The van der Waals surface area contributed by atoms with Crippen LogP contribution in [-0.2, 0) is 6.42 Å². The molecule has 0 atom stereocenters. The zero-order chi connectivity index (χ0) is 10.7. The fraction of sp³-hybridized carbons (Fsp3) is 0.200. The van der Waals surface area contributed by atoms with Crippen molar-refractivity contribution in [1.29, 1.82) is 0 Å². The van der Waals surface area contributed by atoms with E-state index in [-0.39, 0.29) is 5.78 Å². The zero-order valence-electron chi connectivity index (χ0n) is 8.17. The molecule has 0 fully saturated rings. The number of rotatable bonds is 3. The molecule has 0 saturated heterocycles. The highest BCUT2D eigenvalue weighted by molar-refractivity contribution is 7.03. The van der Waals surface area contributed by atoms with Crippen molar-refractivity contribution in [3.8, 4) is 0 Å². The van der Waals surface area contributed by atoms with E-state index in [0.29, 0.717) is 17.7 Å². The number of carbonyl (C=O) groups is 1. The monoisotopic (exact) mass is 219 g/mol. The topological polar surface area (TPSA) is 55.7 Å². The molecule has 0 aliphatic rings. The van der Waals surface area contributed by atoms with E-state index >= 15 is 0 Å². The van der Waals surface area contributed by atoms with Crippen molar-refractivity contribution in [3.63, 3.8) is 0 Å². The van der Waals surface area contributed by atoms with E-state index in [1.165, 1.54) is 11.5 Å². The summed E-state index contributed by atoms with van der Waals surface area (Å²) < 4.78 is 3.72. The van der Waals surface area contributed by atoms with Crippen LogP contribution < -0.4 is 0 Å². The van der Waals surface area contributed by atoms with Gasteiger partial charge in [-0.3, -0.25) is 9.78 Å². The number of hydrogen-bond acceptors (Lipinski definition) is 5. The van der Waals surface area contributed by atoms with Gasteiger partial charge in [0.2, 0.25) is 0 Å². The minimum atomic E-state index is 0.0355. The van der Waals surface area contributed by atoms with E-state index in [2.05, 4.69) is 14.6 Å². The molecule has 15 heavy (non-hydrogen) atoms. The van der Waals surface area contributed by atoms with Gasteiger partial charge in [0, 0.05) is 22.8 Å². The first-order valence-electron chi connectivity index (χ1n) is 4.48. The van der Waals surface area contributed by atoms with Crippen molar-refractivity contribution in [3.05, 3.63) is 40.7 Å². The Morgan fingerprint density at radius 2 is 2.40 bits per heavy atom. The summed E-state index contributed by atoms with van der Waals surface area (Å²) in [5.74, 6) is 0.0355. The maximum Gasteiger partial charge on any atom is 0.170 e. The number of nitrogens with zero attached hydrogens (tertiary/aromatic N) is 3. The van der Waals surface area contributed by atoms with Crippen molar-refractivity contribution < 1.29 is 4.79 Å². The summed E-state index contributed by atoms with van der Waals surface area (Å²) in [7, 11) is 0. The van der Waals surface area contributed by atoms with Gasteiger partial charge >= 0.3 is 0 Å².